The van der Waals surface area contributed by atoms with Gasteiger partial charge in [-0.1, -0.05) is 0 Å². The second kappa shape index (κ2) is 6.91. The van der Waals surface area contributed by atoms with Crippen LogP contribution in [0.1, 0.15) is 39.3 Å². The van der Waals surface area contributed by atoms with Crippen LogP contribution in [0.3, 0.4) is 0 Å². The summed E-state index contributed by atoms with van der Waals surface area (Å²) in [6.45, 7) is 5.52. The number of hydrogen-bond donors (Lipinski definition) is 2. The Kier molecular flexibility index (Phi) is 4.66. The summed E-state index contributed by atoms with van der Waals surface area (Å²) < 4.78 is 1.66. The van der Waals surface area contributed by atoms with Gasteiger partial charge in [-0.3, -0.25) is 4.79 Å². The van der Waals surface area contributed by atoms with Crippen molar-refractivity contribution in [3.63, 3.8) is 0 Å². The molecule has 0 aliphatic rings. The summed E-state index contributed by atoms with van der Waals surface area (Å²) in [5, 5.41) is 16.0. The van der Waals surface area contributed by atoms with Gasteiger partial charge in [-0.15, -0.1) is 0 Å². The Morgan fingerprint density at radius 1 is 1.23 bits per heavy atom. The lowest BCUT2D eigenvalue weighted by molar-refractivity contribution is -0.116. The SMILES string of the molecule is Cc1cc(NC(=O)CCc2c(C)nc3ncnn3c2C)ccc1C(=O)O. The van der Waals surface area contributed by atoms with Gasteiger partial charge in [0.2, 0.25) is 5.91 Å². The number of carbonyl (C=O) groups excluding carboxylic acids is 1. The Bertz CT molecular complexity index is 1010. The van der Waals surface area contributed by atoms with Crippen molar-refractivity contribution in [2.75, 3.05) is 5.32 Å². The fourth-order valence-corrected chi connectivity index (χ4v) is 2.96. The van der Waals surface area contributed by atoms with E-state index in [4.69, 9.17) is 5.11 Å². The number of carboxylic acids is 1. The second-order valence-corrected chi connectivity index (χ2v) is 6.12. The molecule has 0 saturated heterocycles. The molecule has 0 atom stereocenters. The van der Waals surface area contributed by atoms with Crippen LogP contribution in [0, 0.1) is 20.8 Å². The van der Waals surface area contributed by atoms with Crippen LogP contribution in [0.2, 0.25) is 0 Å². The molecule has 8 nitrogen and oxygen atoms in total. The summed E-state index contributed by atoms with van der Waals surface area (Å²) >= 11 is 0. The smallest absolute Gasteiger partial charge is 0.335 e. The summed E-state index contributed by atoms with van der Waals surface area (Å²) in [5.74, 6) is -0.588. The average molecular weight is 353 g/mol. The van der Waals surface area contributed by atoms with E-state index in [2.05, 4.69) is 20.4 Å². The van der Waals surface area contributed by atoms with Crippen LogP contribution in [-0.2, 0) is 11.2 Å². The number of aromatic nitrogens is 4. The van der Waals surface area contributed by atoms with Gasteiger partial charge < -0.3 is 10.4 Å². The zero-order chi connectivity index (χ0) is 18.8. The Labute approximate surface area is 149 Å². The number of aromatic carboxylic acids is 1. The molecule has 0 spiro atoms. The molecule has 26 heavy (non-hydrogen) atoms. The van der Waals surface area contributed by atoms with Gasteiger partial charge in [0.1, 0.15) is 6.33 Å². The first-order valence-corrected chi connectivity index (χ1v) is 8.16. The predicted octanol–water partition coefficient (Wildman–Crippen LogP) is 2.32. The molecule has 3 rings (SSSR count). The van der Waals surface area contributed by atoms with Gasteiger partial charge in [0, 0.05) is 23.5 Å². The molecule has 8 heteroatoms. The zero-order valence-electron chi connectivity index (χ0n) is 14.8. The highest BCUT2D eigenvalue weighted by molar-refractivity contribution is 5.93. The van der Waals surface area contributed by atoms with Gasteiger partial charge in [-0.2, -0.15) is 10.1 Å². The number of amides is 1. The molecule has 134 valence electrons. The minimum atomic E-state index is -0.984. The van der Waals surface area contributed by atoms with Gasteiger partial charge >= 0.3 is 5.97 Å². The number of benzene rings is 1. The first kappa shape index (κ1) is 17.5. The van der Waals surface area contributed by atoms with Gasteiger partial charge in [0.05, 0.1) is 5.56 Å². The molecule has 1 aromatic carbocycles. The van der Waals surface area contributed by atoms with E-state index in [0.717, 1.165) is 17.0 Å². The number of hydrogen-bond acceptors (Lipinski definition) is 5. The van der Waals surface area contributed by atoms with E-state index < -0.39 is 5.97 Å². The van der Waals surface area contributed by atoms with E-state index in [0.29, 0.717) is 23.4 Å². The van der Waals surface area contributed by atoms with E-state index in [1.54, 1.807) is 23.6 Å². The molecule has 2 aromatic heterocycles. The zero-order valence-corrected chi connectivity index (χ0v) is 14.8. The summed E-state index contributed by atoms with van der Waals surface area (Å²) in [7, 11) is 0. The van der Waals surface area contributed by atoms with E-state index >= 15 is 0 Å². The van der Waals surface area contributed by atoms with Gasteiger partial charge in [-0.05, 0) is 56.5 Å². The molecule has 0 saturated carbocycles. The third kappa shape index (κ3) is 3.39. The normalized spacial score (nSPS) is 10.9. The summed E-state index contributed by atoms with van der Waals surface area (Å²) in [6.07, 6.45) is 2.26. The molecule has 0 radical (unpaired) electrons. The molecular formula is C18H19N5O3. The number of nitrogens with zero attached hydrogens (tertiary/aromatic N) is 4. The highest BCUT2D eigenvalue weighted by Gasteiger charge is 2.13. The number of rotatable bonds is 5. The number of aryl methyl sites for hydroxylation is 3. The topological polar surface area (TPSA) is 109 Å². The largest absolute Gasteiger partial charge is 0.478 e. The van der Waals surface area contributed by atoms with Crippen LogP contribution in [0.5, 0.6) is 0 Å². The van der Waals surface area contributed by atoms with Crippen molar-refractivity contribution in [1.82, 2.24) is 19.6 Å². The second-order valence-electron chi connectivity index (χ2n) is 6.12. The van der Waals surface area contributed by atoms with Crippen molar-refractivity contribution in [3.05, 3.63) is 52.6 Å². The standard InChI is InChI=1S/C18H19N5O3/c1-10-8-13(4-5-14(10)17(25)26)22-16(24)7-6-15-11(2)21-18-19-9-20-23(18)12(15)3/h4-5,8-9H,6-7H2,1-3H3,(H,22,24)(H,25,26). The lowest BCUT2D eigenvalue weighted by Crippen LogP contribution is -2.14. The minimum Gasteiger partial charge on any atom is -0.478 e. The number of anilines is 1. The van der Waals surface area contributed by atoms with Crippen molar-refractivity contribution in [3.8, 4) is 0 Å². The van der Waals surface area contributed by atoms with Crippen molar-refractivity contribution in [1.29, 1.82) is 0 Å². The quantitative estimate of drug-likeness (QED) is 0.728. The van der Waals surface area contributed by atoms with Crippen molar-refractivity contribution in [2.24, 2.45) is 0 Å². The molecule has 0 aliphatic carbocycles. The molecule has 0 aliphatic heterocycles. The predicted molar refractivity (Wildman–Crippen MR) is 95.3 cm³/mol. The lowest BCUT2D eigenvalue weighted by atomic mass is 10.1. The Morgan fingerprint density at radius 3 is 2.69 bits per heavy atom. The number of carbonyl (C=O) groups is 2. The molecular weight excluding hydrogens is 334 g/mol. The van der Waals surface area contributed by atoms with Gasteiger partial charge in [-0.25, -0.2) is 14.3 Å². The van der Waals surface area contributed by atoms with Crippen molar-refractivity contribution < 1.29 is 14.7 Å². The Morgan fingerprint density at radius 2 is 2.00 bits per heavy atom. The minimum absolute atomic E-state index is 0.148. The summed E-state index contributed by atoms with van der Waals surface area (Å²) in [4.78, 5) is 31.8. The maximum atomic E-state index is 12.3. The van der Waals surface area contributed by atoms with Crippen LogP contribution < -0.4 is 5.32 Å². The van der Waals surface area contributed by atoms with E-state index in [9.17, 15) is 9.59 Å². The Hall–Kier alpha value is -3.29. The third-order valence-corrected chi connectivity index (χ3v) is 4.33. The molecule has 0 unspecified atom stereocenters. The van der Waals surface area contributed by atoms with Crippen molar-refractivity contribution >= 4 is 23.3 Å². The summed E-state index contributed by atoms with van der Waals surface area (Å²) in [6, 6.07) is 4.74. The lowest BCUT2D eigenvalue weighted by Gasteiger charge is -2.11. The van der Waals surface area contributed by atoms with E-state index in [1.807, 2.05) is 13.8 Å². The maximum Gasteiger partial charge on any atom is 0.335 e. The first-order chi connectivity index (χ1) is 12.4. The number of nitrogens with one attached hydrogen (secondary N) is 1. The molecule has 1 amide bonds. The van der Waals surface area contributed by atoms with Crippen LogP contribution in [0.4, 0.5) is 5.69 Å². The monoisotopic (exact) mass is 353 g/mol. The van der Waals surface area contributed by atoms with E-state index in [1.165, 1.54) is 12.4 Å². The Balaban J connectivity index is 1.70. The van der Waals surface area contributed by atoms with Crippen LogP contribution in [0.15, 0.2) is 24.5 Å². The van der Waals surface area contributed by atoms with Gasteiger partial charge in [0.25, 0.3) is 5.78 Å². The van der Waals surface area contributed by atoms with Crippen LogP contribution in [-0.4, -0.2) is 36.6 Å². The molecule has 0 fully saturated rings. The van der Waals surface area contributed by atoms with E-state index in [-0.39, 0.29) is 17.9 Å². The number of fused-ring (bicyclic) bond motifs is 1. The third-order valence-electron chi connectivity index (χ3n) is 4.33. The van der Waals surface area contributed by atoms with Crippen molar-refractivity contribution in [2.45, 2.75) is 33.6 Å². The fraction of sp³-hybridized carbons (Fsp3) is 0.278. The summed E-state index contributed by atoms with van der Waals surface area (Å²) in [5.41, 5.74) is 4.12. The average Bonchev–Trinajstić information content (AvgIpc) is 3.02. The highest BCUT2D eigenvalue weighted by atomic mass is 16.4. The molecule has 0 bridgehead atoms. The van der Waals surface area contributed by atoms with Crippen LogP contribution in [0.25, 0.3) is 5.78 Å². The highest BCUT2D eigenvalue weighted by Crippen LogP contribution is 2.17. The first-order valence-electron chi connectivity index (χ1n) is 8.16. The molecule has 2 heterocycles. The molecule has 3 aromatic rings. The fourth-order valence-electron chi connectivity index (χ4n) is 2.96. The van der Waals surface area contributed by atoms with Gasteiger partial charge in [0.15, 0.2) is 0 Å². The molecule has 2 N–H and O–H groups in total. The van der Waals surface area contributed by atoms with Crippen LogP contribution >= 0.6 is 0 Å². The number of carboxylic acid groups (broad SMARTS) is 1. The maximum absolute atomic E-state index is 12.3.